The number of ether oxygens (including phenoxy) is 1. The first-order valence-corrected chi connectivity index (χ1v) is 7.27. The summed E-state index contributed by atoms with van der Waals surface area (Å²) >= 11 is 1.11. The Morgan fingerprint density at radius 2 is 2.42 bits per heavy atom. The molecule has 1 aliphatic rings. The van der Waals surface area contributed by atoms with Gasteiger partial charge in [0, 0.05) is 19.9 Å². The van der Waals surface area contributed by atoms with E-state index in [4.69, 9.17) is 11.6 Å². The minimum atomic E-state index is -2.58. The van der Waals surface area contributed by atoms with E-state index in [1.165, 1.54) is 0 Å². The van der Waals surface area contributed by atoms with Crippen molar-refractivity contribution in [1.29, 1.82) is 0 Å². The van der Waals surface area contributed by atoms with Gasteiger partial charge in [0.15, 0.2) is 0 Å². The molecule has 19 heavy (non-hydrogen) atoms. The summed E-state index contributed by atoms with van der Waals surface area (Å²) in [5.41, 5.74) is 1.90. The van der Waals surface area contributed by atoms with Crippen molar-refractivity contribution in [2.45, 2.75) is 38.9 Å². The van der Waals surface area contributed by atoms with E-state index in [0.717, 1.165) is 42.5 Å². The van der Waals surface area contributed by atoms with Crippen molar-refractivity contribution in [2.75, 3.05) is 26.7 Å². The SMILES string of the molecule is [2H]C([2H])([2H])C([2H])([2H])CCCCOc1nsnc1C1=CCCN(C)C1. The smallest absolute Gasteiger partial charge is 0.253 e. The highest BCUT2D eigenvalue weighted by Crippen LogP contribution is 2.27. The Morgan fingerprint density at radius 1 is 1.47 bits per heavy atom. The Balaban J connectivity index is 1.80. The minimum absolute atomic E-state index is 0.00895. The van der Waals surface area contributed by atoms with Crippen LogP contribution in [0.5, 0.6) is 5.88 Å². The lowest BCUT2D eigenvalue weighted by Gasteiger charge is -2.22. The summed E-state index contributed by atoms with van der Waals surface area (Å²) in [5.74, 6) is 0.514. The maximum atomic E-state index is 7.57. The quantitative estimate of drug-likeness (QED) is 0.721. The summed E-state index contributed by atoms with van der Waals surface area (Å²) in [6, 6.07) is 0. The molecule has 0 radical (unpaired) electrons. The third-order valence-corrected chi connectivity index (χ3v) is 3.55. The number of nitrogens with zero attached hydrogens (tertiary/aromatic N) is 3. The molecule has 0 aliphatic carbocycles. The van der Waals surface area contributed by atoms with E-state index in [1.807, 2.05) is 0 Å². The Kier molecular flexibility index (Phi) is 3.63. The highest BCUT2D eigenvalue weighted by molar-refractivity contribution is 6.99. The molecule has 0 unspecified atom stereocenters. The molecule has 106 valence electrons. The maximum Gasteiger partial charge on any atom is 0.253 e. The monoisotopic (exact) mass is 286 g/mol. The summed E-state index contributed by atoms with van der Waals surface area (Å²) in [7, 11) is 2.06. The van der Waals surface area contributed by atoms with E-state index < -0.39 is 13.2 Å². The van der Waals surface area contributed by atoms with Crippen molar-refractivity contribution in [3.8, 4) is 5.88 Å². The van der Waals surface area contributed by atoms with Crippen molar-refractivity contribution in [2.24, 2.45) is 0 Å². The predicted octanol–water partition coefficient (Wildman–Crippen LogP) is 3.22. The molecule has 1 aromatic rings. The van der Waals surface area contributed by atoms with Crippen LogP contribution in [0.3, 0.4) is 0 Å². The summed E-state index contributed by atoms with van der Waals surface area (Å²) in [6.45, 7) is -0.360. The van der Waals surface area contributed by atoms with Gasteiger partial charge in [-0.3, -0.25) is 0 Å². The van der Waals surface area contributed by atoms with Crippen molar-refractivity contribution in [1.82, 2.24) is 13.6 Å². The molecule has 1 aliphatic heterocycles. The molecule has 0 aromatic carbocycles. The summed E-state index contributed by atoms with van der Waals surface area (Å²) in [6.07, 6.45) is 2.00. The van der Waals surface area contributed by atoms with Gasteiger partial charge in [0.1, 0.15) is 5.69 Å². The standard InChI is InChI=1S/C14H23N3OS/c1-3-4-5-6-10-18-14-13(15-19-16-14)12-8-7-9-17(2)11-12/h8H,3-7,9-11H2,1-2H3/i1D3,3D2. The van der Waals surface area contributed by atoms with Gasteiger partial charge in [-0.25, -0.2) is 0 Å². The van der Waals surface area contributed by atoms with Crippen LogP contribution >= 0.6 is 11.7 Å². The van der Waals surface area contributed by atoms with Crippen LogP contribution in [0.15, 0.2) is 6.08 Å². The average Bonchev–Trinajstić information content (AvgIpc) is 2.94. The zero-order valence-corrected chi connectivity index (χ0v) is 12.0. The molecule has 5 heteroatoms. The van der Waals surface area contributed by atoms with Crippen molar-refractivity contribution in [3.05, 3.63) is 11.8 Å². The molecule has 0 saturated carbocycles. The first-order valence-electron chi connectivity index (χ1n) is 9.04. The summed E-state index contributed by atoms with van der Waals surface area (Å²) in [4.78, 5) is 2.22. The highest BCUT2D eigenvalue weighted by atomic mass is 32.1. The number of aromatic nitrogens is 2. The van der Waals surface area contributed by atoms with Crippen LogP contribution in [-0.4, -0.2) is 40.4 Å². The number of unbranched alkanes of at least 4 members (excludes halogenated alkanes) is 1. The third-order valence-electron chi connectivity index (χ3n) is 3.04. The molecule has 0 spiro atoms. The molecule has 0 N–H and O–H groups in total. The van der Waals surface area contributed by atoms with E-state index >= 15 is 0 Å². The van der Waals surface area contributed by atoms with Gasteiger partial charge in [-0.1, -0.05) is 32.1 Å². The topological polar surface area (TPSA) is 38.3 Å². The highest BCUT2D eigenvalue weighted by Gasteiger charge is 2.18. The fraction of sp³-hybridized carbons (Fsp3) is 0.714. The second kappa shape index (κ2) is 7.60. The Hall–Kier alpha value is -0.940. The lowest BCUT2D eigenvalue weighted by atomic mass is 10.1. The second-order valence-corrected chi connectivity index (χ2v) is 5.18. The fourth-order valence-corrected chi connectivity index (χ4v) is 2.55. The van der Waals surface area contributed by atoms with Crippen LogP contribution in [0.25, 0.3) is 5.57 Å². The number of likely N-dealkylation sites (N-methyl/N-ethyl adjacent to an activating group) is 1. The molecule has 0 amide bonds. The minimum Gasteiger partial charge on any atom is -0.475 e. The van der Waals surface area contributed by atoms with Crippen LogP contribution in [0.2, 0.25) is 0 Å². The number of hydrogen-bond acceptors (Lipinski definition) is 5. The van der Waals surface area contributed by atoms with Crippen LogP contribution in [0.4, 0.5) is 0 Å². The number of rotatable bonds is 7. The molecule has 2 heterocycles. The first-order chi connectivity index (χ1) is 11.2. The average molecular weight is 286 g/mol. The van der Waals surface area contributed by atoms with Crippen molar-refractivity contribution >= 4 is 17.3 Å². The molecular formula is C14H23N3OS. The van der Waals surface area contributed by atoms with Crippen LogP contribution in [0, 0.1) is 0 Å². The molecule has 4 nitrogen and oxygen atoms in total. The van der Waals surface area contributed by atoms with Gasteiger partial charge in [-0.05, 0) is 25.5 Å². The van der Waals surface area contributed by atoms with Gasteiger partial charge < -0.3 is 9.64 Å². The van der Waals surface area contributed by atoms with Gasteiger partial charge in [0.25, 0.3) is 5.88 Å². The predicted molar refractivity (Wildman–Crippen MR) is 79.6 cm³/mol. The van der Waals surface area contributed by atoms with E-state index in [-0.39, 0.29) is 6.42 Å². The van der Waals surface area contributed by atoms with E-state index in [2.05, 4.69) is 26.8 Å². The molecule has 0 fully saturated rings. The molecule has 2 rings (SSSR count). The normalized spacial score (nSPS) is 21.7. The maximum absolute atomic E-state index is 7.57. The largest absolute Gasteiger partial charge is 0.475 e. The first kappa shape index (κ1) is 9.08. The molecular weight excluding hydrogens is 258 g/mol. The Morgan fingerprint density at radius 3 is 3.26 bits per heavy atom. The fourth-order valence-electron chi connectivity index (χ4n) is 2.02. The molecule has 0 atom stereocenters. The van der Waals surface area contributed by atoms with Gasteiger partial charge in [0.05, 0.1) is 18.3 Å². The second-order valence-electron chi connectivity index (χ2n) is 4.66. The van der Waals surface area contributed by atoms with Gasteiger partial charge >= 0.3 is 0 Å². The summed E-state index contributed by atoms with van der Waals surface area (Å²) < 4.78 is 50.9. The van der Waals surface area contributed by atoms with E-state index in [0.29, 0.717) is 25.3 Å². The van der Waals surface area contributed by atoms with E-state index in [1.54, 1.807) is 0 Å². The van der Waals surface area contributed by atoms with Crippen molar-refractivity contribution < 1.29 is 11.6 Å². The van der Waals surface area contributed by atoms with Crippen LogP contribution < -0.4 is 4.74 Å². The van der Waals surface area contributed by atoms with E-state index in [9.17, 15) is 0 Å². The van der Waals surface area contributed by atoms with Gasteiger partial charge in [-0.2, -0.15) is 4.37 Å². The van der Waals surface area contributed by atoms with Crippen LogP contribution in [-0.2, 0) is 0 Å². The lowest BCUT2D eigenvalue weighted by Crippen LogP contribution is -2.25. The Labute approximate surface area is 126 Å². The molecule has 0 bridgehead atoms. The summed E-state index contributed by atoms with van der Waals surface area (Å²) in [5, 5.41) is 0. The van der Waals surface area contributed by atoms with Gasteiger partial charge in [0.2, 0.25) is 0 Å². The third kappa shape index (κ3) is 4.28. The molecule has 0 saturated heterocycles. The number of hydrogen-bond donors (Lipinski definition) is 0. The lowest BCUT2D eigenvalue weighted by molar-refractivity contribution is 0.294. The zero-order valence-electron chi connectivity index (χ0n) is 16.2. The molecule has 1 aromatic heterocycles. The van der Waals surface area contributed by atoms with Crippen molar-refractivity contribution in [3.63, 3.8) is 0 Å². The zero-order chi connectivity index (χ0) is 17.8. The Bertz CT molecular complexity index is 573. The van der Waals surface area contributed by atoms with Gasteiger partial charge in [-0.15, -0.1) is 4.37 Å². The van der Waals surface area contributed by atoms with Crippen LogP contribution in [0.1, 0.15) is 51.5 Å².